The van der Waals surface area contributed by atoms with Crippen LogP contribution in [0.5, 0.6) is 0 Å². The second kappa shape index (κ2) is 5.24. The molecule has 0 amide bonds. The zero-order valence-electron chi connectivity index (χ0n) is 10.1. The molecule has 0 bridgehead atoms. The largest absolute Gasteiger partial charge is 0.360 e. The summed E-state index contributed by atoms with van der Waals surface area (Å²) in [6.45, 7) is 0. The first-order valence-corrected chi connectivity index (χ1v) is 7.37. The highest BCUT2D eigenvalue weighted by atomic mass is 79.9. The fourth-order valence-corrected chi connectivity index (χ4v) is 3.27. The van der Waals surface area contributed by atoms with E-state index in [-0.39, 0.29) is 5.78 Å². The van der Waals surface area contributed by atoms with Crippen LogP contribution in [0.1, 0.15) is 15.9 Å². The number of H-pyrrole nitrogens is 1. The number of carbonyl (C=O) groups excluding carboxylic acids is 1. The molecule has 2 aromatic carbocycles. The van der Waals surface area contributed by atoms with E-state index in [0.717, 1.165) is 15.4 Å². The molecule has 1 aromatic heterocycles. The Morgan fingerprint density at radius 3 is 2.50 bits per heavy atom. The summed E-state index contributed by atoms with van der Waals surface area (Å²) in [7, 11) is 0. The Kier molecular flexibility index (Phi) is 3.59. The normalized spacial score (nSPS) is 10.9. The first kappa shape index (κ1) is 13.7. The molecule has 5 heteroatoms. The summed E-state index contributed by atoms with van der Waals surface area (Å²) in [4.78, 5) is 15.7. The van der Waals surface area contributed by atoms with E-state index in [0.29, 0.717) is 21.2 Å². The van der Waals surface area contributed by atoms with Gasteiger partial charge >= 0.3 is 0 Å². The summed E-state index contributed by atoms with van der Waals surface area (Å²) in [5, 5.41) is 1.74. The zero-order valence-corrected chi connectivity index (χ0v) is 13.2. The van der Waals surface area contributed by atoms with Gasteiger partial charge in [0.05, 0.1) is 0 Å². The zero-order chi connectivity index (χ0) is 14.3. The van der Waals surface area contributed by atoms with Crippen LogP contribution in [-0.2, 0) is 0 Å². The van der Waals surface area contributed by atoms with Crippen molar-refractivity contribution in [2.45, 2.75) is 0 Å². The third kappa shape index (κ3) is 2.37. The molecule has 0 fully saturated rings. The molecule has 0 atom stereocenters. The smallest absolute Gasteiger partial charge is 0.195 e. The molecule has 1 N–H and O–H groups in total. The average Bonchev–Trinajstić information content (AvgIpc) is 2.82. The summed E-state index contributed by atoms with van der Waals surface area (Å²) >= 11 is 15.4. The molecular formula is C15H8BrCl2NO. The van der Waals surface area contributed by atoms with Gasteiger partial charge in [-0.15, -0.1) is 0 Å². The number of rotatable bonds is 2. The number of hydrogen-bond donors (Lipinski definition) is 1. The molecule has 0 aliphatic carbocycles. The van der Waals surface area contributed by atoms with Gasteiger partial charge in [-0.2, -0.15) is 0 Å². The Morgan fingerprint density at radius 1 is 1.10 bits per heavy atom. The maximum atomic E-state index is 12.6. The Hall–Kier alpha value is -1.29. The number of ketones is 1. The highest BCUT2D eigenvalue weighted by Crippen LogP contribution is 2.29. The minimum atomic E-state index is -0.118. The van der Waals surface area contributed by atoms with Crippen molar-refractivity contribution in [1.29, 1.82) is 0 Å². The SMILES string of the molecule is O=C(c1cc(Cl)cc(Cl)c1)c1c[nH]c2cccc(Br)c12. The van der Waals surface area contributed by atoms with Gasteiger partial charge in [0.2, 0.25) is 0 Å². The molecule has 0 aliphatic heterocycles. The van der Waals surface area contributed by atoms with Crippen molar-refractivity contribution >= 4 is 55.8 Å². The van der Waals surface area contributed by atoms with Crippen molar-refractivity contribution < 1.29 is 4.79 Å². The van der Waals surface area contributed by atoms with Crippen LogP contribution in [0, 0.1) is 0 Å². The van der Waals surface area contributed by atoms with Crippen LogP contribution >= 0.6 is 39.1 Å². The van der Waals surface area contributed by atoms with Crippen molar-refractivity contribution in [3.63, 3.8) is 0 Å². The molecule has 0 unspecified atom stereocenters. The van der Waals surface area contributed by atoms with Crippen LogP contribution in [0.3, 0.4) is 0 Å². The first-order valence-electron chi connectivity index (χ1n) is 5.82. The summed E-state index contributed by atoms with van der Waals surface area (Å²) in [5.41, 5.74) is 1.96. The van der Waals surface area contributed by atoms with E-state index in [1.807, 2.05) is 18.2 Å². The first-order chi connectivity index (χ1) is 9.56. The van der Waals surface area contributed by atoms with Crippen LogP contribution in [0.2, 0.25) is 10.0 Å². The molecular weight excluding hydrogens is 361 g/mol. The van der Waals surface area contributed by atoms with E-state index in [2.05, 4.69) is 20.9 Å². The van der Waals surface area contributed by atoms with Crippen molar-refractivity contribution in [2.24, 2.45) is 0 Å². The fraction of sp³-hybridized carbons (Fsp3) is 0. The minimum Gasteiger partial charge on any atom is -0.360 e. The van der Waals surface area contributed by atoms with Gasteiger partial charge in [0.1, 0.15) is 0 Å². The Morgan fingerprint density at radius 2 is 1.80 bits per heavy atom. The third-order valence-electron chi connectivity index (χ3n) is 3.02. The van der Waals surface area contributed by atoms with E-state index < -0.39 is 0 Å². The lowest BCUT2D eigenvalue weighted by atomic mass is 10.0. The van der Waals surface area contributed by atoms with E-state index >= 15 is 0 Å². The molecule has 3 aromatic rings. The van der Waals surface area contributed by atoms with E-state index in [9.17, 15) is 4.79 Å². The number of nitrogens with one attached hydrogen (secondary N) is 1. The molecule has 20 heavy (non-hydrogen) atoms. The third-order valence-corrected chi connectivity index (χ3v) is 4.12. The lowest BCUT2D eigenvalue weighted by molar-refractivity contribution is 0.104. The molecule has 0 saturated heterocycles. The van der Waals surface area contributed by atoms with Crippen molar-refractivity contribution in [3.8, 4) is 0 Å². The predicted molar refractivity (Wildman–Crippen MR) is 85.9 cm³/mol. The van der Waals surface area contributed by atoms with Gasteiger partial charge in [0.15, 0.2) is 5.78 Å². The van der Waals surface area contributed by atoms with Crippen LogP contribution in [0.15, 0.2) is 47.1 Å². The summed E-state index contributed by atoms with van der Waals surface area (Å²) < 4.78 is 0.868. The summed E-state index contributed by atoms with van der Waals surface area (Å²) in [5.74, 6) is -0.118. The van der Waals surface area contributed by atoms with E-state index in [1.54, 1.807) is 24.4 Å². The number of aromatic nitrogens is 1. The summed E-state index contributed by atoms with van der Waals surface area (Å²) in [6.07, 6.45) is 1.70. The van der Waals surface area contributed by atoms with Crippen molar-refractivity contribution in [2.75, 3.05) is 0 Å². The highest BCUT2D eigenvalue weighted by molar-refractivity contribution is 9.10. The lowest BCUT2D eigenvalue weighted by Crippen LogP contribution is -2.00. The highest BCUT2D eigenvalue weighted by Gasteiger charge is 2.16. The van der Waals surface area contributed by atoms with Crippen molar-refractivity contribution in [1.82, 2.24) is 4.98 Å². The summed E-state index contributed by atoms with van der Waals surface area (Å²) in [6, 6.07) is 10.6. The second-order valence-electron chi connectivity index (χ2n) is 4.35. The molecule has 0 spiro atoms. The molecule has 2 nitrogen and oxygen atoms in total. The van der Waals surface area contributed by atoms with Crippen LogP contribution < -0.4 is 0 Å². The van der Waals surface area contributed by atoms with Gasteiger partial charge < -0.3 is 4.98 Å². The standard InChI is InChI=1S/C15H8BrCl2NO/c16-12-2-1-3-13-14(12)11(7-19-13)15(20)8-4-9(17)6-10(18)5-8/h1-7,19H. The van der Waals surface area contributed by atoms with E-state index in [4.69, 9.17) is 23.2 Å². The Labute approximate surface area is 133 Å². The molecule has 0 radical (unpaired) electrons. The topological polar surface area (TPSA) is 32.9 Å². The molecule has 0 saturated carbocycles. The monoisotopic (exact) mass is 367 g/mol. The molecule has 1 heterocycles. The van der Waals surface area contributed by atoms with Gasteiger partial charge in [0.25, 0.3) is 0 Å². The van der Waals surface area contributed by atoms with Crippen molar-refractivity contribution in [3.05, 3.63) is 68.2 Å². The van der Waals surface area contributed by atoms with Crippen LogP contribution in [0.4, 0.5) is 0 Å². The van der Waals surface area contributed by atoms with Gasteiger partial charge in [-0.3, -0.25) is 4.79 Å². The number of hydrogen-bond acceptors (Lipinski definition) is 1. The number of aromatic amines is 1. The Bertz CT molecular complexity index is 806. The lowest BCUT2D eigenvalue weighted by Gasteiger charge is -2.03. The van der Waals surface area contributed by atoms with Crippen LogP contribution in [-0.4, -0.2) is 10.8 Å². The minimum absolute atomic E-state index is 0.118. The number of carbonyl (C=O) groups is 1. The molecule has 100 valence electrons. The average molecular weight is 369 g/mol. The fourth-order valence-electron chi connectivity index (χ4n) is 2.16. The number of fused-ring (bicyclic) bond motifs is 1. The second-order valence-corrected chi connectivity index (χ2v) is 6.08. The maximum Gasteiger partial charge on any atom is 0.195 e. The molecule has 3 rings (SSSR count). The quantitative estimate of drug-likeness (QED) is 0.598. The number of benzene rings is 2. The van der Waals surface area contributed by atoms with Gasteiger partial charge in [-0.1, -0.05) is 45.2 Å². The predicted octanol–water partition coefficient (Wildman–Crippen LogP) is 5.47. The van der Waals surface area contributed by atoms with E-state index in [1.165, 1.54) is 0 Å². The molecule has 0 aliphatic rings. The van der Waals surface area contributed by atoms with Gasteiger partial charge in [-0.05, 0) is 30.3 Å². The van der Waals surface area contributed by atoms with Gasteiger partial charge in [0, 0.05) is 42.7 Å². The maximum absolute atomic E-state index is 12.6. The van der Waals surface area contributed by atoms with Gasteiger partial charge in [-0.25, -0.2) is 0 Å². The Balaban J connectivity index is 2.18. The van der Waals surface area contributed by atoms with Crippen LogP contribution in [0.25, 0.3) is 10.9 Å². The number of halogens is 3.